The van der Waals surface area contributed by atoms with Crippen molar-refractivity contribution in [2.45, 2.75) is 183 Å². The fraction of sp³-hybridized carbons (Fsp3) is 0.795. The van der Waals surface area contributed by atoms with Gasteiger partial charge in [0.15, 0.2) is 9.84 Å². The average molecular weight is 729 g/mol. The number of unbranched alkanes of at least 4 members (excludes halogenated alkanes) is 13. The van der Waals surface area contributed by atoms with Gasteiger partial charge < -0.3 is 9.84 Å². The summed E-state index contributed by atoms with van der Waals surface area (Å²) >= 11 is 0. The van der Waals surface area contributed by atoms with E-state index in [4.69, 9.17) is 10.00 Å². The van der Waals surface area contributed by atoms with Crippen molar-refractivity contribution >= 4 is 15.8 Å². The Bertz CT molecular complexity index is 1250. The summed E-state index contributed by atoms with van der Waals surface area (Å²) < 4.78 is 69.0. The molecule has 2 saturated carbocycles. The van der Waals surface area contributed by atoms with Gasteiger partial charge in [0.2, 0.25) is 0 Å². The molecule has 3 atom stereocenters. The van der Waals surface area contributed by atoms with E-state index in [2.05, 4.69) is 18.3 Å². The Labute approximate surface area is 300 Å². The SMILES string of the molecule is CCCCCCCCCCNC1(C#N)CC1.CCCO[C@H]1C[C@@H](S(=O)(=O)c2ccccc2CCCCCCCCCC(F)(F)F)C[C@@H]1C(=O)O. The monoisotopic (exact) mass is 728 g/mol. The van der Waals surface area contributed by atoms with Crippen molar-refractivity contribution in [2.75, 3.05) is 13.2 Å². The second-order valence-corrected chi connectivity index (χ2v) is 16.5. The van der Waals surface area contributed by atoms with Gasteiger partial charge in [-0.3, -0.25) is 10.1 Å². The Kier molecular flexibility index (Phi) is 20.6. The molecule has 286 valence electrons. The lowest BCUT2D eigenvalue weighted by atomic mass is 10.0. The van der Waals surface area contributed by atoms with Crippen molar-refractivity contribution in [1.29, 1.82) is 5.26 Å². The van der Waals surface area contributed by atoms with Crippen LogP contribution in [0, 0.1) is 17.2 Å². The van der Waals surface area contributed by atoms with Crippen molar-refractivity contribution < 1.29 is 36.2 Å². The normalized spacial score (nSPS) is 19.8. The average Bonchev–Trinajstić information content (AvgIpc) is 3.73. The van der Waals surface area contributed by atoms with Crippen LogP contribution < -0.4 is 5.32 Å². The van der Waals surface area contributed by atoms with Crippen LogP contribution in [0.4, 0.5) is 13.2 Å². The maximum atomic E-state index is 13.4. The minimum atomic E-state index is -4.08. The summed E-state index contributed by atoms with van der Waals surface area (Å²) in [5.41, 5.74) is 0.624. The smallest absolute Gasteiger partial charge is 0.389 e. The zero-order valence-electron chi connectivity index (χ0n) is 30.6. The van der Waals surface area contributed by atoms with Gasteiger partial charge in [-0.25, -0.2) is 8.42 Å². The Morgan fingerprint density at radius 3 is 2.04 bits per heavy atom. The van der Waals surface area contributed by atoms with Gasteiger partial charge in [-0.2, -0.15) is 18.4 Å². The van der Waals surface area contributed by atoms with Crippen LogP contribution in [0.1, 0.15) is 154 Å². The van der Waals surface area contributed by atoms with E-state index in [1.54, 1.807) is 24.3 Å². The number of nitrogens with zero attached hydrogens (tertiary/aromatic N) is 1. The molecule has 0 amide bonds. The summed E-state index contributed by atoms with van der Waals surface area (Å²) in [5.74, 6) is -1.85. The van der Waals surface area contributed by atoms with Gasteiger partial charge in [-0.15, -0.1) is 0 Å². The molecule has 0 aliphatic heterocycles. The molecule has 50 heavy (non-hydrogen) atoms. The number of nitrogens with one attached hydrogen (secondary N) is 1. The molecule has 0 aromatic heterocycles. The zero-order chi connectivity index (χ0) is 36.9. The molecule has 0 radical (unpaired) electrons. The number of rotatable bonds is 25. The second-order valence-electron chi connectivity index (χ2n) is 14.3. The summed E-state index contributed by atoms with van der Waals surface area (Å²) in [6, 6.07) is 9.26. The number of carboxylic acids is 1. The van der Waals surface area contributed by atoms with Gasteiger partial charge in [0.25, 0.3) is 0 Å². The highest BCUT2D eigenvalue weighted by atomic mass is 32.2. The Balaban J connectivity index is 0.000000452. The molecule has 0 unspecified atom stereocenters. The third-order valence-corrected chi connectivity index (χ3v) is 12.2. The first-order chi connectivity index (χ1) is 23.9. The fourth-order valence-electron chi connectivity index (χ4n) is 6.65. The molecule has 1 aromatic rings. The number of hydrogen-bond acceptors (Lipinski definition) is 6. The number of hydrogen-bond donors (Lipinski definition) is 2. The number of alkyl halides is 3. The number of ether oxygens (including phenoxy) is 1. The summed E-state index contributed by atoms with van der Waals surface area (Å²) in [4.78, 5) is 11.9. The van der Waals surface area contributed by atoms with Crippen LogP contribution in [0.2, 0.25) is 0 Å². The van der Waals surface area contributed by atoms with Crippen molar-refractivity contribution in [3.8, 4) is 6.07 Å². The number of benzene rings is 1. The summed E-state index contributed by atoms with van der Waals surface area (Å²) in [7, 11) is -3.70. The lowest BCUT2D eigenvalue weighted by molar-refractivity contribution is -0.146. The number of nitriles is 1. The van der Waals surface area contributed by atoms with Gasteiger partial charge in [0.1, 0.15) is 5.54 Å². The fourth-order valence-corrected chi connectivity index (χ4v) is 8.72. The molecule has 7 nitrogen and oxygen atoms in total. The van der Waals surface area contributed by atoms with Crippen LogP contribution in [-0.4, -0.2) is 55.7 Å². The minimum Gasteiger partial charge on any atom is -0.481 e. The summed E-state index contributed by atoms with van der Waals surface area (Å²) in [6.07, 6.45) is 14.1. The Hall–Kier alpha value is -2.16. The number of halogens is 3. The van der Waals surface area contributed by atoms with Crippen molar-refractivity contribution in [2.24, 2.45) is 5.92 Å². The third-order valence-electron chi connectivity index (χ3n) is 9.90. The predicted octanol–water partition coefficient (Wildman–Crippen LogP) is 10.1. The van der Waals surface area contributed by atoms with E-state index >= 15 is 0 Å². The zero-order valence-corrected chi connectivity index (χ0v) is 31.4. The van der Waals surface area contributed by atoms with Crippen LogP contribution in [-0.2, 0) is 25.8 Å². The van der Waals surface area contributed by atoms with Crippen LogP contribution >= 0.6 is 0 Å². The third kappa shape index (κ3) is 16.9. The minimum absolute atomic E-state index is 0.0503. The molecule has 0 spiro atoms. The highest BCUT2D eigenvalue weighted by molar-refractivity contribution is 7.92. The molecule has 11 heteroatoms. The molecule has 0 heterocycles. The first-order valence-electron chi connectivity index (χ1n) is 19.3. The van der Waals surface area contributed by atoms with E-state index in [-0.39, 0.29) is 29.7 Å². The number of aliphatic carboxylic acids is 1. The van der Waals surface area contributed by atoms with Crippen LogP contribution in [0.25, 0.3) is 0 Å². The van der Waals surface area contributed by atoms with Gasteiger partial charge in [0, 0.05) is 13.0 Å². The molecule has 0 saturated heterocycles. The largest absolute Gasteiger partial charge is 0.481 e. The summed E-state index contributed by atoms with van der Waals surface area (Å²) in [5, 5.41) is 21.0. The van der Waals surface area contributed by atoms with E-state index in [9.17, 15) is 31.5 Å². The van der Waals surface area contributed by atoms with Gasteiger partial charge in [-0.05, 0) is 76.0 Å². The lowest BCUT2D eigenvalue weighted by Crippen LogP contribution is -2.30. The topological polar surface area (TPSA) is 116 Å². The van der Waals surface area contributed by atoms with E-state index in [1.807, 2.05) is 6.92 Å². The quantitative estimate of drug-likeness (QED) is 0.0963. The maximum Gasteiger partial charge on any atom is 0.389 e. The van der Waals surface area contributed by atoms with Crippen molar-refractivity contribution in [3.63, 3.8) is 0 Å². The van der Waals surface area contributed by atoms with Crippen molar-refractivity contribution in [1.82, 2.24) is 5.32 Å². The molecule has 2 fully saturated rings. The van der Waals surface area contributed by atoms with E-state index in [0.717, 1.165) is 63.5 Å². The molecular formula is C39H63F3N2O5S. The van der Waals surface area contributed by atoms with E-state index in [1.165, 1.54) is 51.4 Å². The van der Waals surface area contributed by atoms with Gasteiger partial charge in [-0.1, -0.05) is 109 Å². The molecular weight excluding hydrogens is 665 g/mol. The second kappa shape index (κ2) is 23.4. The standard InChI is InChI=1S/C25H37F3O5S.C14H26N2/c1-2-16-33-22-18-20(17-21(22)24(29)30)34(31,32)23-14-10-9-13-19(23)12-8-6-4-3-5-7-11-15-25(26,27)28;1-2-3-4-5-6-7-8-9-12-16-14(13-15)10-11-14/h9-10,13-14,20-22H,2-8,11-12,15-18H2,1H3,(H,29,30);16H,2-12H2,1H3/t20-,21-,22-;/m0./s1. The van der Waals surface area contributed by atoms with Gasteiger partial charge >= 0.3 is 12.1 Å². The number of aryl methyl sites for hydroxylation is 1. The van der Waals surface area contributed by atoms with Crippen LogP contribution in [0.5, 0.6) is 0 Å². The molecule has 2 aliphatic carbocycles. The van der Waals surface area contributed by atoms with Crippen LogP contribution in [0.3, 0.4) is 0 Å². The van der Waals surface area contributed by atoms with Gasteiger partial charge in [0.05, 0.1) is 28.2 Å². The summed E-state index contributed by atoms with van der Waals surface area (Å²) in [6.45, 7) is 5.61. The maximum absolute atomic E-state index is 13.4. The molecule has 1 aromatic carbocycles. The predicted molar refractivity (Wildman–Crippen MR) is 193 cm³/mol. The molecule has 3 rings (SSSR count). The van der Waals surface area contributed by atoms with Crippen LogP contribution in [0.15, 0.2) is 29.2 Å². The highest BCUT2D eigenvalue weighted by Crippen LogP contribution is 2.37. The number of sulfone groups is 1. The lowest BCUT2D eigenvalue weighted by Gasteiger charge is -2.16. The first-order valence-corrected chi connectivity index (χ1v) is 20.8. The number of carboxylic acid groups (broad SMARTS) is 1. The first kappa shape index (κ1) is 44.0. The highest BCUT2D eigenvalue weighted by Gasteiger charge is 2.46. The van der Waals surface area contributed by atoms with E-state index < -0.39 is 45.7 Å². The molecule has 2 aliphatic rings. The number of carbonyl (C=O) groups is 1. The molecule has 2 N–H and O–H groups in total. The Morgan fingerprint density at radius 2 is 1.48 bits per heavy atom. The van der Waals surface area contributed by atoms with E-state index in [0.29, 0.717) is 19.4 Å². The Morgan fingerprint density at radius 1 is 0.900 bits per heavy atom. The van der Waals surface area contributed by atoms with Crippen molar-refractivity contribution in [3.05, 3.63) is 29.8 Å². The molecule has 0 bridgehead atoms.